The summed E-state index contributed by atoms with van der Waals surface area (Å²) in [5.74, 6) is 0.367. The Morgan fingerprint density at radius 1 is 1.58 bits per heavy atom. The minimum Gasteiger partial charge on any atom is -0.389 e. The van der Waals surface area contributed by atoms with Crippen molar-refractivity contribution in [2.75, 3.05) is 0 Å². The van der Waals surface area contributed by atoms with Gasteiger partial charge in [0.05, 0.1) is 6.10 Å². The quantitative estimate of drug-likeness (QED) is 0.553. The molecule has 66 valence electrons. The van der Waals surface area contributed by atoms with E-state index in [4.69, 9.17) is 0 Å². The highest BCUT2D eigenvalue weighted by molar-refractivity contribution is 5.87. The Morgan fingerprint density at radius 2 is 2.42 bits per heavy atom. The number of carbonyl (C=O) groups excluding carboxylic acids is 1. The molecule has 0 saturated heterocycles. The molecule has 2 aliphatic carbocycles. The summed E-state index contributed by atoms with van der Waals surface area (Å²) < 4.78 is 0. The topological polar surface area (TPSA) is 37.3 Å². The molecule has 1 saturated carbocycles. The van der Waals surface area contributed by atoms with Crippen molar-refractivity contribution < 1.29 is 9.90 Å². The smallest absolute Gasteiger partial charge is 0.139 e. The van der Waals surface area contributed by atoms with Gasteiger partial charge in [0.2, 0.25) is 0 Å². The van der Waals surface area contributed by atoms with E-state index >= 15 is 0 Å². The Balaban J connectivity index is 2.21. The van der Waals surface area contributed by atoms with E-state index in [9.17, 15) is 9.90 Å². The molecular weight excluding hydrogens is 152 g/mol. The average molecular weight is 166 g/mol. The molecule has 0 aromatic heterocycles. The second-order valence-corrected chi connectivity index (χ2v) is 3.96. The molecule has 2 rings (SSSR count). The second kappa shape index (κ2) is 2.70. The maximum atomic E-state index is 11.6. The van der Waals surface area contributed by atoms with E-state index in [1.165, 1.54) is 0 Å². The normalized spacial score (nSPS) is 41.1. The molecule has 2 unspecified atom stereocenters. The van der Waals surface area contributed by atoms with Crippen LogP contribution in [-0.2, 0) is 4.79 Å². The Kier molecular flexibility index (Phi) is 1.80. The standard InChI is InChI=1S/C10H14O2/c11-8-3-1-5-10(7-8)6-2-4-9(10)12/h1,3,8,11H,2,4-7H2. The van der Waals surface area contributed by atoms with E-state index in [1.54, 1.807) is 6.08 Å². The van der Waals surface area contributed by atoms with Crippen LogP contribution in [0.2, 0.25) is 0 Å². The van der Waals surface area contributed by atoms with Crippen LogP contribution in [0.4, 0.5) is 0 Å². The summed E-state index contributed by atoms with van der Waals surface area (Å²) in [6.07, 6.45) is 7.59. The van der Waals surface area contributed by atoms with E-state index < -0.39 is 0 Å². The highest BCUT2D eigenvalue weighted by Gasteiger charge is 2.43. The highest BCUT2D eigenvalue weighted by Crippen LogP contribution is 2.44. The summed E-state index contributed by atoms with van der Waals surface area (Å²) in [4.78, 5) is 11.6. The first-order chi connectivity index (χ1) is 5.73. The third-order valence-corrected chi connectivity index (χ3v) is 3.12. The first-order valence-electron chi connectivity index (χ1n) is 4.61. The first-order valence-corrected chi connectivity index (χ1v) is 4.61. The van der Waals surface area contributed by atoms with Gasteiger partial charge in [-0.3, -0.25) is 4.79 Å². The molecule has 2 atom stereocenters. The van der Waals surface area contributed by atoms with E-state index in [2.05, 4.69) is 0 Å². The number of hydrogen-bond acceptors (Lipinski definition) is 2. The molecular formula is C10H14O2. The van der Waals surface area contributed by atoms with Crippen molar-refractivity contribution in [1.29, 1.82) is 0 Å². The maximum absolute atomic E-state index is 11.6. The van der Waals surface area contributed by atoms with Gasteiger partial charge in [-0.25, -0.2) is 0 Å². The summed E-state index contributed by atoms with van der Waals surface area (Å²) in [6, 6.07) is 0. The van der Waals surface area contributed by atoms with Crippen molar-refractivity contribution in [2.24, 2.45) is 5.41 Å². The van der Waals surface area contributed by atoms with Gasteiger partial charge in [0, 0.05) is 11.8 Å². The Labute approximate surface area is 72.3 Å². The summed E-state index contributed by atoms with van der Waals surface area (Å²) >= 11 is 0. The van der Waals surface area contributed by atoms with Gasteiger partial charge in [0.1, 0.15) is 5.78 Å². The zero-order chi connectivity index (χ0) is 8.60. The number of rotatable bonds is 0. The van der Waals surface area contributed by atoms with Crippen LogP contribution in [0.1, 0.15) is 32.1 Å². The SMILES string of the molecule is O=C1CCCC12CC=CC(O)C2. The van der Waals surface area contributed by atoms with Gasteiger partial charge in [-0.05, 0) is 25.7 Å². The summed E-state index contributed by atoms with van der Waals surface area (Å²) in [5, 5.41) is 9.41. The Morgan fingerprint density at radius 3 is 3.00 bits per heavy atom. The van der Waals surface area contributed by atoms with Gasteiger partial charge >= 0.3 is 0 Å². The van der Waals surface area contributed by atoms with Crippen LogP contribution in [-0.4, -0.2) is 17.0 Å². The van der Waals surface area contributed by atoms with Crippen molar-refractivity contribution in [3.8, 4) is 0 Å². The third kappa shape index (κ3) is 1.11. The fourth-order valence-corrected chi connectivity index (χ4v) is 2.43. The minimum absolute atomic E-state index is 0.172. The predicted molar refractivity (Wildman–Crippen MR) is 45.7 cm³/mol. The lowest BCUT2D eigenvalue weighted by Crippen LogP contribution is -2.32. The fraction of sp³-hybridized carbons (Fsp3) is 0.700. The number of hydrogen-bond donors (Lipinski definition) is 1. The molecule has 12 heavy (non-hydrogen) atoms. The molecule has 2 nitrogen and oxygen atoms in total. The van der Waals surface area contributed by atoms with Gasteiger partial charge < -0.3 is 5.11 Å². The van der Waals surface area contributed by atoms with Gasteiger partial charge in [0.15, 0.2) is 0 Å². The predicted octanol–water partition coefficient (Wildman–Crippen LogP) is 1.44. The summed E-state index contributed by atoms with van der Waals surface area (Å²) in [7, 11) is 0. The number of carbonyl (C=O) groups is 1. The van der Waals surface area contributed by atoms with Crippen molar-refractivity contribution in [3.63, 3.8) is 0 Å². The summed E-state index contributed by atoms with van der Waals surface area (Å²) in [6.45, 7) is 0. The van der Waals surface area contributed by atoms with E-state index in [1.807, 2.05) is 6.08 Å². The van der Waals surface area contributed by atoms with Crippen LogP contribution in [0, 0.1) is 5.41 Å². The Hall–Kier alpha value is -0.630. The highest BCUT2D eigenvalue weighted by atomic mass is 16.3. The molecule has 0 aromatic rings. The monoisotopic (exact) mass is 166 g/mol. The fourth-order valence-electron chi connectivity index (χ4n) is 2.43. The number of aliphatic hydroxyl groups excluding tert-OH is 1. The number of aliphatic hydroxyl groups is 1. The van der Waals surface area contributed by atoms with Gasteiger partial charge in [-0.2, -0.15) is 0 Å². The summed E-state index contributed by atoms with van der Waals surface area (Å²) in [5.41, 5.74) is -0.172. The van der Waals surface area contributed by atoms with Gasteiger partial charge in [-0.1, -0.05) is 12.2 Å². The van der Waals surface area contributed by atoms with Crippen LogP contribution >= 0.6 is 0 Å². The molecule has 0 radical (unpaired) electrons. The van der Waals surface area contributed by atoms with Crippen LogP contribution in [0.25, 0.3) is 0 Å². The van der Waals surface area contributed by atoms with Crippen molar-refractivity contribution in [2.45, 2.75) is 38.2 Å². The number of Topliss-reactive ketones (excluding diaryl/α,β-unsaturated/α-hetero) is 1. The lowest BCUT2D eigenvalue weighted by Gasteiger charge is -2.30. The largest absolute Gasteiger partial charge is 0.389 e. The zero-order valence-electron chi connectivity index (χ0n) is 7.12. The van der Waals surface area contributed by atoms with Gasteiger partial charge in [-0.15, -0.1) is 0 Å². The van der Waals surface area contributed by atoms with Crippen LogP contribution < -0.4 is 0 Å². The zero-order valence-corrected chi connectivity index (χ0v) is 7.12. The molecule has 0 amide bonds. The third-order valence-electron chi connectivity index (χ3n) is 3.12. The molecule has 0 heterocycles. The molecule has 0 aromatic carbocycles. The van der Waals surface area contributed by atoms with Crippen LogP contribution in [0.15, 0.2) is 12.2 Å². The van der Waals surface area contributed by atoms with E-state index in [0.717, 1.165) is 25.7 Å². The first kappa shape index (κ1) is 7.99. The molecule has 0 aliphatic heterocycles. The maximum Gasteiger partial charge on any atom is 0.139 e. The van der Waals surface area contributed by atoms with Crippen molar-refractivity contribution in [1.82, 2.24) is 0 Å². The van der Waals surface area contributed by atoms with Crippen molar-refractivity contribution >= 4 is 5.78 Å². The van der Waals surface area contributed by atoms with Crippen molar-refractivity contribution in [3.05, 3.63) is 12.2 Å². The average Bonchev–Trinajstić information content (AvgIpc) is 2.33. The number of ketones is 1. The molecule has 2 aliphatic rings. The molecule has 2 heteroatoms. The second-order valence-electron chi connectivity index (χ2n) is 3.96. The number of allylic oxidation sites excluding steroid dienone is 1. The minimum atomic E-state index is -0.388. The molecule has 1 fully saturated rings. The molecule has 1 N–H and O–H groups in total. The van der Waals surface area contributed by atoms with Crippen LogP contribution in [0.5, 0.6) is 0 Å². The molecule has 0 bridgehead atoms. The Bertz CT molecular complexity index is 232. The lowest BCUT2D eigenvalue weighted by molar-refractivity contribution is -0.127. The molecule has 1 spiro atoms. The van der Waals surface area contributed by atoms with E-state index in [0.29, 0.717) is 12.2 Å². The van der Waals surface area contributed by atoms with E-state index in [-0.39, 0.29) is 11.5 Å². The lowest BCUT2D eigenvalue weighted by atomic mass is 9.74. The van der Waals surface area contributed by atoms with Gasteiger partial charge in [0.25, 0.3) is 0 Å². The van der Waals surface area contributed by atoms with Crippen LogP contribution in [0.3, 0.4) is 0 Å².